The molecule has 0 spiro atoms. The molecule has 0 aliphatic carbocycles. The maximum atomic E-state index is 13.2. The number of benzene rings is 2. The van der Waals surface area contributed by atoms with Crippen molar-refractivity contribution in [1.29, 1.82) is 0 Å². The molecule has 0 aliphatic heterocycles. The van der Waals surface area contributed by atoms with Gasteiger partial charge in [-0.2, -0.15) is 5.10 Å². The average Bonchev–Trinajstić information content (AvgIpc) is 2.64. The molecule has 6 nitrogen and oxygen atoms in total. The third kappa shape index (κ3) is 4.78. The summed E-state index contributed by atoms with van der Waals surface area (Å²) in [7, 11) is 0. The summed E-state index contributed by atoms with van der Waals surface area (Å²) >= 11 is 0. The zero-order valence-electron chi connectivity index (χ0n) is 14.7. The first kappa shape index (κ1) is 18.3. The van der Waals surface area contributed by atoms with Crippen LogP contribution in [-0.2, 0) is 11.3 Å². The van der Waals surface area contributed by atoms with E-state index in [0.29, 0.717) is 18.0 Å². The van der Waals surface area contributed by atoms with Crippen LogP contribution in [0.2, 0.25) is 0 Å². The summed E-state index contributed by atoms with van der Waals surface area (Å²) in [5.74, 6) is -0.191. The molecule has 0 bridgehead atoms. The van der Waals surface area contributed by atoms with E-state index >= 15 is 0 Å². The fourth-order valence-electron chi connectivity index (χ4n) is 2.51. The first-order valence-electron chi connectivity index (χ1n) is 8.42. The van der Waals surface area contributed by atoms with E-state index in [1.807, 2.05) is 31.2 Å². The van der Waals surface area contributed by atoms with Crippen molar-refractivity contribution in [1.82, 2.24) is 9.78 Å². The van der Waals surface area contributed by atoms with Crippen LogP contribution < -0.4 is 15.6 Å². The number of anilines is 1. The van der Waals surface area contributed by atoms with Gasteiger partial charge in [0.15, 0.2) is 0 Å². The largest absolute Gasteiger partial charge is 0.494 e. The van der Waals surface area contributed by atoms with Gasteiger partial charge in [-0.1, -0.05) is 6.07 Å². The number of carbonyl (C=O) groups excluding carboxylic acids is 1. The van der Waals surface area contributed by atoms with Crippen molar-refractivity contribution in [3.63, 3.8) is 0 Å². The van der Waals surface area contributed by atoms with E-state index in [4.69, 9.17) is 4.74 Å². The Bertz CT molecular complexity index is 1000. The van der Waals surface area contributed by atoms with Crippen LogP contribution >= 0.6 is 0 Å². The Balaban J connectivity index is 1.76. The molecule has 1 heterocycles. The fraction of sp³-hybridized carbons (Fsp3) is 0.150. The number of carbonyl (C=O) groups is 1. The number of hydrogen-bond donors (Lipinski definition) is 1. The van der Waals surface area contributed by atoms with Gasteiger partial charge in [-0.25, -0.2) is 9.07 Å². The molecule has 3 aromatic rings. The SMILES string of the molecule is CCOc1ccc(-c2ccc(=O)n(CC(=O)Nc3cccc(F)c3)n2)cc1. The average molecular weight is 367 g/mol. The van der Waals surface area contributed by atoms with Gasteiger partial charge in [-0.3, -0.25) is 9.59 Å². The Morgan fingerprint density at radius 1 is 1.15 bits per heavy atom. The lowest BCUT2D eigenvalue weighted by Gasteiger charge is -2.09. The highest BCUT2D eigenvalue weighted by Gasteiger charge is 2.09. The van der Waals surface area contributed by atoms with Crippen LogP contribution in [0, 0.1) is 5.82 Å². The quantitative estimate of drug-likeness (QED) is 0.727. The Hall–Kier alpha value is -3.48. The molecule has 0 unspecified atom stereocenters. The molecule has 0 radical (unpaired) electrons. The number of nitrogens with one attached hydrogen (secondary N) is 1. The second kappa shape index (κ2) is 8.27. The van der Waals surface area contributed by atoms with Gasteiger partial charge >= 0.3 is 0 Å². The fourth-order valence-corrected chi connectivity index (χ4v) is 2.51. The van der Waals surface area contributed by atoms with Crippen LogP contribution in [0.5, 0.6) is 5.75 Å². The first-order chi connectivity index (χ1) is 13.0. The predicted molar refractivity (Wildman–Crippen MR) is 100 cm³/mol. The summed E-state index contributed by atoms with van der Waals surface area (Å²) in [5, 5.41) is 6.79. The maximum absolute atomic E-state index is 13.2. The summed E-state index contributed by atoms with van der Waals surface area (Å²) < 4.78 is 19.7. The van der Waals surface area contributed by atoms with Gasteiger partial charge in [-0.05, 0) is 55.5 Å². The Morgan fingerprint density at radius 3 is 2.63 bits per heavy atom. The minimum Gasteiger partial charge on any atom is -0.494 e. The lowest BCUT2D eigenvalue weighted by molar-refractivity contribution is -0.117. The molecular weight excluding hydrogens is 349 g/mol. The molecule has 0 saturated heterocycles. The minimum atomic E-state index is -0.473. The van der Waals surface area contributed by atoms with Gasteiger partial charge in [0.1, 0.15) is 18.1 Å². The summed E-state index contributed by atoms with van der Waals surface area (Å²) in [4.78, 5) is 24.2. The van der Waals surface area contributed by atoms with Gasteiger partial charge in [0.05, 0.1) is 12.3 Å². The number of hydrogen-bond acceptors (Lipinski definition) is 4. The molecule has 0 atom stereocenters. The topological polar surface area (TPSA) is 73.2 Å². The van der Waals surface area contributed by atoms with Gasteiger partial charge < -0.3 is 10.1 Å². The third-order valence-electron chi connectivity index (χ3n) is 3.73. The van der Waals surface area contributed by atoms with Crippen LogP contribution in [-0.4, -0.2) is 22.3 Å². The Morgan fingerprint density at radius 2 is 1.93 bits per heavy atom. The lowest BCUT2D eigenvalue weighted by atomic mass is 10.1. The van der Waals surface area contributed by atoms with Crippen molar-refractivity contribution in [3.8, 4) is 17.0 Å². The van der Waals surface area contributed by atoms with E-state index in [1.54, 1.807) is 12.1 Å². The van der Waals surface area contributed by atoms with Crippen molar-refractivity contribution in [3.05, 3.63) is 76.8 Å². The summed E-state index contributed by atoms with van der Waals surface area (Å²) in [6.45, 7) is 2.20. The molecular formula is C20H18FN3O3. The number of halogens is 1. The van der Waals surface area contributed by atoms with E-state index in [0.717, 1.165) is 16.0 Å². The highest BCUT2D eigenvalue weighted by Crippen LogP contribution is 2.19. The number of aromatic nitrogens is 2. The molecule has 1 aromatic heterocycles. The van der Waals surface area contributed by atoms with Crippen LogP contribution in [0.15, 0.2) is 65.5 Å². The number of ether oxygens (including phenoxy) is 1. The zero-order valence-corrected chi connectivity index (χ0v) is 14.7. The van der Waals surface area contributed by atoms with Crippen molar-refractivity contribution in [2.75, 3.05) is 11.9 Å². The smallest absolute Gasteiger partial charge is 0.267 e. The summed E-state index contributed by atoms with van der Waals surface area (Å²) in [6.07, 6.45) is 0. The molecule has 7 heteroatoms. The molecule has 3 rings (SSSR count). The van der Waals surface area contributed by atoms with Crippen LogP contribution in [0.3, 0.4) is 0 Å². The molecule has 1 amide bonds. The van der Waals surface area contributed by atoms with E-state index in [1.165, 1.54) is 24.3 Å². The lowest BCUT2D eigenvalue weighted by Crippen LogP contribution is -2.29. The van der Waals surface area contributed by atoms with Crippen molar-refractivity contribution in [2.24, 2.45) is 0 Å². The number of nitrogens with zero attached hydrogens (tertiary/aromatic N) is 2. The van der Waals surface area contributed by atoms with Crippen LogP contribution in [0.25, 0.3) is 11.3 Å². The van der Waals surface area contributed by atoms with E-state index in [-0.39, 0.29) is 6.54 Å². The minimum absolute atomic E-state index is 0.278. The highest BCUT2D eigenvalue weighted by atomic mass is 19.1. The van der Waals surface area contributed by atoms with Crippen LogP contribution in [0.4, 0.5) is 10.1 Å². The molecule has 0 saturated carbocycles. The van der Waals surface area contributed by atoms with Crippen molar-refractivity contribution in [2.45, 2.75) is 13.5 Å². The van der Waals surface area contributed by atoms with Crippen LogP contribution in [0.1, 0.15) is 6.92 Å². The first-order valence-corrected chi connectivity index (χ1v) is 8.42. The number of amides is 1. The summed E-state index contributed by atoms with van der Waals surface area (Å²) in [6, 6.07) is 15.8. The highest BCUT2D eigenvalue weighted by molar-refractivity contribution is 5.90. The summed E-state index contributed by atoms with van der Waals surface area (Å²) in [5.41, 5.74) is 1.25. The standard InChI is InChI=1S/C20H18FN3O3/c1-2-27-17-8-6-14(7-9-17)18-10-11-20(26)24(23-18)13-19(25)22-16-5-3-4-15(21)12-16/h3-12H,2,13H2,1H3,(H,22,25). The molecule has 138 valence electrons. The zero-order chi connectivity index (χ0) is 19.2. The maximum Gasteiger partial charge on any atom is 0.267 e. The molecule has 0 fully saturated rings. The Labute approximate surface area is 155 Å². The third-order valence-corrected chi connectivity index (χ3v) is 3.73. The van der Waals surface area contributed by atoms with E-state index < -0.39 is 17.3 Å². The van der Waals surface area contributed by atoms with Crippen molar-refractivity contribution >= 4 is 11.6 Å². The Kier molecular flexibility index (Phi) is 5.61. The van der Waals surface area contributed by atoms with Crippen molar-refractivity contribution < 1.29 is 13.9 Å². The van der Waals surface area contributed by atoms with Gasteiger partial charge in [0.25, 0.3) is 5.56 Å². The molecule has 0 aliphatic rings. The normalized spacial score (nSPS) is 10.4. The van der Waals surface area contributed by atoms with E-state index in [9.17, 15) is 14.0 Å². The second-order valence-corrected chi connectivity index (χ2v) is 5.73. The van der Waals surface area contributed by atoms with Gasteiger partial charge in [0, 0.05) is 17.3 Å². The molecule has 1 N–H and O–H groups in total. The number of rotatable bonds is 6. The van der Waals surface area contributed by atoms with E-state index in [2.05, 4.69) is 10.4 Å². The second-order valence-electron chi connectivity index (χ2n) is 5.73. The monoisotopic (exact) mass is 367 g/mol. The molecule has 2 aromatic carbocycles. The molecule has 27 heavy (non-hydrogen) atoms. The van der Waals surface area contributed by atoms with Gasteiger partial charge in [0.2, 0.25) is 5.91 Å². The van der Waals surface area contributed by atoms with Gasteiger partial charge in [-0.15, -0.1) is 0 Å². The predicted octanol–water partition coefficient (Wildman–Crippen LogP) is 3.09.